The van der Waals surface area contributed by atoms with E-state index in [-0.39, 0.29) is 32.5 Å². The third-order valence-electron chi connectivity index (χ3n) is 19.3. The average molecular weight is 1210 g/mol. The van der Waals surface area contributed by atoms with Crippen LogP contribution in [0.15, 0.2) is 194 Å². The number of benzene rings is 10. The van der Waals surface area contributed by atoms with Crippen LogP contribution in [0.5, 0.6) is 0 Å². The molecule has 4 heterocycles. The van der Waals surface area contributed by atoms with Gasteiger partial charge in [-0.2, -0.15) is 8.75 Å². The highest BCUT2D eigenvalue weighted by Gasteiger charge is 2.27. The molecule has 0 aliphatic carbocycles. The summed E-state index contributed by atoms with van der Waals surface area (Å²) in [6.45, 7) is 41.4. The maximum absolute atomic E-state index is 5.18. The molecule has 0 saturated carbocycles. The third kappa shape index (κ3) is 10.3. The second-order valence-electron chi connectivity index (χ2n) is 31.9. The monoisotopic (exact) mass is 1210 g/mol. The second kappa shape index (κ2) is 20.9. The van der Waals surface area contributed by atoms with Crippen molar-refractivity contribution in [3.63, 3.8) is 0 Å². The molecule has 91 heavy (non-hydrogen) atoms. The van der Waals surface area contributed by atoms with Crippen LogP contribution in [0.2, 0.25) is 0 Å². The van der Waals surface area contributed by atoms with Crippen LogP contribution in [0, 0.1) is 0 Å². The number of anilines is 3. The minimum absolute atomic E-state index is 0.00720. The molecular weight excluding hydrogens is 1130 g/mol. The van der Waals surface area contributed by atoms with Crippen LogP contribution in [0.1, 0.15) is 158 Å². The summed E-state index contributed by atoms with van der Waals surface area (Å²) in [5.41, 5.74) is 25.4. The molecule has 4 aromatic heterocycles. The van der Waals surface area contributed by atoms with Crippen molar-refractivity contribution in [2.24, 2.45) is 0 Å². The molecule has 0 saturated heterocycles. The van der Waals surface area contributed by atoms with Gasteiger partial charge in [0, 0.05) is 66.3 Å². The molecule has 10 aromatic carbocycles. The molecule has 14 rings (SSSR count). The van der Waals surface area contributed by atoms with E-state index in [1.807, 2.05) is 0 Å². The van der Waals surface area contributed by atoms with Crippen molar-refractivity contribution in [3.8, 4) is 28.2 Å². The number of nitrogens with zero attached hydrogens (tertiary/aromatic N) is 6. The van der Waals surface area contributed by atoms with Crippen LogP contribution in [0.4, 0.5) is 17.1 Å². The standard InChI is InChI=1S/C84H86N6S/c1-79(2,3)52-21-38-70-64(45-52)65-46-53(80(4,5)6)22-39-71(65)88(70)60-27-19-51(20-28-60)63-37-44-76(78-77(63)85-91-86-78)87(58-29-33-61(34-30-58)89-72-40-23-54(81(7,8)9)47-66(72)67-48-55(82(10,11)12)24-41-73(67)89)59-31-35-62(36-32-59)90-74-42-25-56(83(13,14)15)49-68(74)69-50-57(84(16,17)18)26-43-75(69)90/h19-50H,1-18H3. The van der Waals surface area contributed by atoms with E-state index in [0.29, 0.717) is 0 Å². The molecule has 0 radical (unpaired) electrons. The predicted molar refractivity (Wildman–Crippen MR) is 393 cm³/mol. The lowest BCUT2D eigenvalue weighted by Crippen LogP contribution is -2.11. The lowest BCUT2D eigenvalue weighted by Gasteiger charge is -2.26. The number of hydrogen-bond donors (Lipinski definition) is 0. The van der Waals surface area contributed by atoms with Crippen LogP contribution in [0.25, 0.3) is 105 Å². The zero-order chi connectivity index (χ0) is 64.2. The molecular formula is C84H86N6S. The summed E-state index contributed by atoms with van der Waals surface area (Å²) in [4.78, 5) is 2.37. The number of hydrogen-bond acceptors (Lipinski definition) is 4. The minimum Gasteiger partial charge on any atom is -0.309 e. The Morgan fingerprint density at radius 1 is 0.275 bits per heavy atom. The number of aromatic nitrogens is 5. The molecule has 0 amide bonds. The zero-order valence-corrected chi connectivity index (χ0v) is 57.4. The third-order valence-corrected chi connectivity index (χ3v) is 19.8. The Kier molecular flexibility index (Phi) is 13.7. The first-order chi connectivity index (χ1) is 42.9. The Morgan fingerprint density at radius 3 is 0.791 bits per heavy atom. The Morgan fingerprint density at radius 2 is 0.527 bits per heavy atom. The molecule has 0 aliphatic rings. The van der Waals surface area contributed by atoms with Crippen molar-refractivity contribution in [1.82, 2.24) is 22.4 Å². The molecule has 0 bridgehead atoms. The molecule has 7 heteroatoms. The van der Waals surface area contributed by atoms with Crippen molar-refractivity contribution < 1.29 is 0 Å². The van der Waals surface area contributed by atoms with Gasteiger partial charge in [0.2, 0.25) is 0 Å². The highest BCUT2D eigenvalue weighted by molar-refractivity contribution is 7.00. The zero-order valence-electron chi connectivity index (χ0n) is 56.6. The summed E-state index contributed by atoms with van der Waals surface area (Å²) in [5.74, 6) is 0. The van der Waals surface area contributed by atoms with Gasteiger partial charge in [0.05, 0.1) is 50.5 Å². The highest BCUT2D eigenvalue weighted by atomic mass is 32.1. The maximum Gasteiger partial charge on any atom is 0.129 e. The van der Waals surface area contributed by atoms with Gasteiger partial charge in [-0.3, -0.25) is 0 Å². The Labute approximate surface area is 542 Å². The van der Waals surface area contributed by atoms with Crippen LogP contribution in [0.3, 0.4) is 0 Å². The van der Waals surface area contributed by atoms with Gasteiger partial charge in [-0.05, 0) is 217 Å². The first-order valence-electron chi connectivity index (χ1n) is 32.5. The smallest absolute Gasteiger partial charge is 0.129 e. The second-order valence-corrected chi connectivity index (χ2v) is 32.4. The normalized spacial score (nSPS) is 13.2. The summed E-state index contributed by atoms with van der Waals surface area (Å²) >= 11 is 1.27. The fraction of sp³-hybridized carbons (Fsp3) is 0.286. The van der Waals surface area contributed by atoms with Gasteiger partial charge in [0.25, 0.3) is 0 Å². The number of fused-ring (bicyclic) bond motifs is 10. The Bertz CT molecular complexity index is 4790. The molecule has 0 fully saturated rings. The van der Waals surface area contributed by atoms with Crippen LogP contribution in [-0.2, 0) is 32.5 Å². The maximum atomic E-state index is 5.18. The minimum atomic E-state index is 0.00720. The van der Waals surface area contributed by atoms with E-state index in [1.165, 1.54) is 111 Å². The molecule has 0 atom stereocenters. The van der Waals surface area contributed by atoms with E-state index < -0.39 is 0 Å². The van der Waals surface area contributed by atoms with Gasteiger partial charge in [-0.1, -0.05) is 173 Å². The van der Waals surface area contributed by atoms with E-state index in [9.17, 15) is 0 Å². The van der Waals surface area contributed by atoms with Crippen molar-refractivity contribution in [1.29, 1.82) is 0 Å². The van der Waals surface area contributed by atoms with Gasteiger partial charge in [-0.25, -0.2) is 0 Å². The molecule has 14 aromatic rings. The Balaban J connectivity index is 0.906. The van der Waals surface area contributed by atoms with E-state index >= 15 is 0 Å². The van der Waals surface area contributed by atoms with Crippen molar-refractivity contribution >= 4 is 105 Å². The quantitative estimate of drug-likeness (QED) is 0.160. The van der Waals surface area contributed by atoms with Crippen molar-refractivity contribution in [3.05, 3.63) is 228 Å². The van der Waals surface area contributed by atoms with E-state index in [1.54, 1.807) is 0 Å². The largest absolute Gasteiger partial charge is 0.309 e. The highest BCUT2D eigenvalue weighted by Crippen LogP contribution is 2.46. The van der Waals surface area contributed by atoms with E-state index in [4.69, 9.17) is 8.75 Å². The lowest BCUT2D eigenvalue weighted by atomic mass is 9.85. The van der Waals surface area contributed by atoms with Gasteiger partial charge in [0.15, 0.2) is 0 Å². The van der Waals surface area contributed by atoms with Crippen LogP contribution >= 0.6 is 11.7 Å². The van der Waals surface area contributed by atoms with Gasteiger partial charge in [0.1, 0.15) is 11.0 Å². The van der Waals surface area contributed by atoms with Gasteiger partial charge < -0.3 is 18.6 Å². The van der Waals surface area contributed by atoms with E-state index in [0.717, 1.165) is 56.3 Å². The fourth-order valence-corrected chi connectivity index (χ4v) is 14.3. The summed E-state index contributed by atoms with van der Waals surface area (Å²) in [5, 5.41) is 7.66. The SMILES string of the molecule is CC(C)(C)c1ccc2c(c1)c1cc(C(C)(C)C)ccc1n2-c1ccc(-c2ccc(N(c3ccc(-n4c5ccc(C(C)(C)C)cc5c5cc(C(C)(C)C)ccc54)cc3)c3ccc(-n4c5ccc(C(C)(C)C)cc5c5cc(C(C)(C)C)ccc54)cc3)c3nsnc23)cc1. The van der Waals surface area contributed by atoms with E-state index in [2.05, 4.69) is 337 Å². The fourth-order valence-electron chi connectivity index (χ4n) is 13.7. The molecule has 458 valence electrons. The Hall–Kier alpha value is -8.78. The molecule has 0 N–H and O–H groups in total. The molecule has 6 nitrogen and oxygen atoms in total. The predicted octanol–water partition coefficient (Wildman–Crippen LogP) is 23.9. The topological polar surface area (TPSA) is 43.8 Å². The van der Waals surface area contributed by atoms with Crippen LogP contribution in [-0.4, -0.2) is 22.4 Å². The molecule has 0 unspecified atom stereocenters. The summed E-state index contributed by atoms with van der Waals surface area (Å²) in [6, 6.07) is 74.2. The molecule has 0 aliphatic heterocycles. The van der Waals surface area contributed by atoms with Crippen molar-refractivity contribution in [2.45, 2.75) is 157 Å². The van der Waals surface area contributed by atoms with Crippen molar-refractivity contribution in [2.75, 3.05) is 4.90 Å². The number of rotatable bonds is 7. The first-order valence-corrected chi connectivity index (χ1v) is 33.3. The first kappa shape index (κ1) is 59.8. The molecule has 0 spiro atoms. The lowest BCUT2D eigenvalue weighted by molar-refractivity contribution is 0.590. The summed E-state index contributed by atoms with van der Waals surface area (Å²) < 4.78 is 17.6. The summed E-state index contributed by atoms with van der Waals surface area (Å²) in [7, 11) is 0. The van der Waals surface area contributed by atoms with Crippen LogP contribution < -0.4 is 4.90 Å². The summed E-state index contributed by atoms with van der Waals surface area (Å²) in [6.07, 6.45) is 0. The van der Waals surface area contributed by atoms with Gasteiger partial charge >= 0.3 is 0 Å². The van der Waals surface area contributed by atoms with Gasteiger partial charge in [-0.15, -0.1) is 0 Å². The average Bonchev–Trinajstić information content (AvgIpc) is 1.61.